The normalized spacial score (nSPS) is 10.7. The van der Waals surface area contributed by atoms with Crippen molar-refractivity contribution in [1.82, 2.24) is 4.98 Å². The SMILES string of the molecule is Cc1ccc2cnc(Cl)cc2c1Br. The van der Waals surface area contributed by atoms with Crippen LogP contribution in [0.15, 0.2) is 28.9 Å². The molecule has 0 N–H and O–H groups in total. The number of hydrogen-bond donors (Lipinski definition) is 0. The van der Waals surface area contributed by atoms with E-state index >= 15 is 0 Å². The van der Waals surface area contributed by atoms with Crippen LogP contribution in [0.25, 0.3) is 10.8 Å². The first-order valence-electron chi connectivity index (χ1n) is 3.89. The molecule has 2 rings (SSSR count). The monoisotopic (exact) mass is 255 g/mol. The zero-order chi connectivity index (χ0) is 9.42. The number of hydrogen-bond acceptors (Lipinski definition) is 1. The van der Waals surface area contributed by atoms with Crippen LogP contribution in [0.5, 0.6) is 0 Å². The first kappa shape index (κ1) is 8.97. The first-order chi connectivity index (χ1) is 6.18. The van der Waals surface area contributed by atoms with Gasteiger partial charge in [0.2, 0.25) is 0 Å². The van der Waals surface area contributed by atoms with Crippen LogP contribution in [0, 0.1) is 6.92 Å². The predicted octanol–water partition coefficient (Wildman–Crippen LogP) is 3.96. The van der Waals surface area contributed by atoms with Crippen LogP contribution >= 0.6 is 27.5 Å². The van der Waals surface area contributed by atoms with E-state index in [1.165, 1.54) is 5.56 Å². The van der Waals surface area contributed by atoms with Gasteiger partial charge in [-0.3, -0.25) is 0 Å². The van der Waals surface area contributed by atoms with Gasteiger partial charge in [-0.05, 0) is 34.5 Å². The maximum Gasteiger partial charge on any atom is 0.129 e. The van der Waals surface area contributed by atoms with Crippen molar-refractivity contribution in [2.75, 3.05) is 0 Å². The quantitative estimate of drug-likeness (QED) is 0.650. The molecule has 0 spiro atoms. The fourth-order valence-corrected chi connectivity index (χ4v) is 1.90. The van der Waals surface area contributed by atoms with Crippen molar-refractivity contribution < 1.29 is 0 Å². The van der Waals surface area contributed by atoms with E-state index in [0.29, 0.717) is 5.15 Å². The summed E-state index contributed by atoms with van der Waals surface area (Å²) in [5.74, 6) is 0. The first-order valence-corrected chi connectivity index (χ1v) is 5.06. The van der Waals surface area contributed by atoms with Gasteiger partial charge >= 0.3 is 0 Å². The van der Waals surface area contributed by atoms with Crippen LogP contribution in [0.1, 0.15) is 5.56 Å². The van der Waals surface area contributed by atoms with Gasteiger partial charge in [0.05, 0.1) is 0 Å². The number of nitrogens with zero attached hydrogens (tertiary/aromatic N) is 1. The number of fused-ring (bicyclic) bond motifs is 1. The van der Waals surface area contributed by atoms with E-state index in [-0.39, 0.29) is 0 Å². The number of rotatable bonds is 0. The number of halogens is 2. The molecule has 0 bridgehead atoms. The van der Waals surface area contributed by atoms with E-state index < -0.39 is 0 Å². The molecule has 0 saturated carbocycles. The highest BCUT2D eigenvalue weighted by atomic mass is 79.9. The molecule has 2 aromatic rings. The Bertz CT molecular complexity index is 462. The molecule has 1 nitrogen and oxygen atoms in total. The molecule has 0 atom stereocenters. The van der Waals surface area contributed by atoms with Crippen LogP contribution in [0.4, 0.5) is 0 Å². The van der Waals surface area contributed by atoms with Gasteiger partial charge in [-0.15, -0.1) is 0 Å². The summed E-state index contributed by atoms with van der Waals surface area (Å²) in [7, 11) is 0. The third-order valence-electron chi connectivity index (χ3n) is 2.00. The standard InChI is InChI=1S/C10H7BrClN/c1-6-2-3-7-5-13-9(12)4-8(7)10(6)11/h2-5H,1H3. The molecule has 0 saturated heterocycles. The van der Waals surface area contributed by atoms with Crippen molar-refractivity contribution in [2.45, 2.75) is 6.92 Å². The highest BCUT2D eigenvalue weighted by molar-refractivity contribution is 9.10. The molecule has 0 fully saturated rings. The molecular formula is C10H7BrClN. The van der Waals surface area contributed by atoms with Gasteiger partial charge in [-0.2, -0.15) is 0 Å². The molecule has 0 amide bonds. The Morgan fingerprint density at radius 2 is 2.15 bits per heavy atom. The summed E-state index contributed by atoms with van der Waals surface area (Å²) in [5.41, 5.74) is 1.20. The van der Waals surface area contributed by atoms with E-state index in [2.05, 4.69) is 33.9 Å². The minimum absolute atomic E-state index is 0.527. The number of benzene rings is 1. The van der Waals surface area contributed by atoms with Crippen molar-refractivity contribution in [1.29, 1.82) is 0 Å². The Morgan fingerprint density at radius 3 is 2.92 bits per heavy atom. The Kier molecular flexibility index (Phi) is 2.26. The van der Waals surface area contributed by atoms with Gasteiger partial charge < -0.3 is 0 Å². The molecule has 3 heteroatoms. The van der Waals surface area contributed by atoms with E-state index in [4.69, 9.17) is 11.6 Å². The predicted molar refractivity (Wildman–Crippen MR) is 59.2 cm³/mol. The summed E-state index contributed by atoms with van der Waals surface area (Å²) in [5, 5.41) is 2.74. The Labute approximate surface area is 89.9 Å². The lowest BCUT2D eigenvalue weighted by Crippen LogP contribution is -1.81. The summed E-state index contributed by atoms with van der Waals surface area (Å²) >= 11 is 9.34. The maximum absolute atomic E-state index is 5.81. The van der Waals surface area contributed by atoms with Crippen molar-refractivity contribution >= 4 is 38.3 Å². The van der Waals surface area contributed by atoms with Crippen LogP contribution in [0.2, 0.25) is 5.15 Å². The van der Waals surface area contributed by atoms with Gasteiger partial charge in [0.1, 0.15) is 5.15 Å². The van der Waals surface area contributed by atoms with Crippen molar-refractivity contribution in [3.8, 4) is 0 Å². The van der Waals surface area contributed by atoms with Crippen LogP contribution in [0.3, 0.4) is 0 Å². The minimum Gasteiger partial charge on any atom is -0.244 e. The lowest BCUT2D eigenvalue weighted by atomic mass is 10.1. The smallest absolute Gasteiger partial charge is 0.129 e. The van der Waals surface area contributed by atoms with Crippen molar-refractivity contribution in [3.63, 3.8) is 0 Å². The summed E-state index contributed by atoms with van der Waals surface area (Å²) in [6.45, 7) is 2.05. The molecule has 1 heterocycles. The van der Waals surface area contributed by atoms with Crippen LogP contribution < -0.4 is 0 Å². The molecule has 13 heavy (non-hydrogen) atoms. The summed E-state index contributed by atoms with van der Waals surface area (Å²) in [4.78, 5) is 4.02. The Morgan fingerprint density at radius 1 is 1.38 bits per heavy atom. The third-order valence-corrected chi connectivity index (χ3v) is 3.26. The lowest BCUT2D eigenvalue weighted by Gasteiger charge is -2.03. The van der Waals surface area contributed by atoms with E-state index in [1.54, 1.807) is 6.20 Å². The maximum atomic E-state index is 5.81. The highest BCUT2D eigenvalue weighted by Gasteiger charge is 2.02. The zero-order valence-corrected chi connectivity index (χ0v) is 9.35. The zero-order valence-electron chi connectivity index (χ0n) is 7.01. The van der Waals surface area contributed by atoms with E-state index in [9.17, 15) is 0 Å². The molecule has 66 valence electrons. The topological polar surface area (TPSA) is 12.9 Å². The van der Waals surface area contributed by atoms with Crippen LogP contribution in [-0.4, -0.2) is 4.98 Å². The van der Waals surface area contributed by atoms with Gasteiger partial charge in [0, 0.05) is 21.4 Å². The molecule has 0 radical (unpaired) electrons. The minimum atomic E-state index is 0.527. The molecule has 0 aliphatic rings. The van der Waals surface area contributed by atoms with E-state index in [0.717, 1.165) is 15.2 Å². The summed E-state index contributed by atoms with van der Waals surface area (Å²) < 4.78 is 1.09. The molecule has 0 aliphatic heterocycles. The summed E-state index contributed by atoms with van der Waals surface area (Å²) in [6, 6.07) is 5.97. The van der Waals surface area contributed by atoms with Crippen molar-refractivity contribution in [2.24, 2.45) is 0 Å². The largest absolute Gasteiger partial charge is 0.244 e. The molecule has 0 aliphatic carbocycles. The van der Waals surface area contributed by atoms with Crippen molar-refractivity contribution in [3.05, 3.63) is 39.6 Å². The third kappa shape index (κ3) is 1.56. The number of pyridine rings is 1. The Hall–Kier alpha value is -0.600. The fourth-order valence-electron chi connectivity index (χ4n) is 1.26. The highest BCUT2D eigenvalue weighted by Crippen LogP contribution is 2.28. The fraction of sp³-hybridized carbons (Fsp3) is 0.100. The second kappa shape index (κ2) is 3.28. The van der Waals surface area contributed by atoms with Gasteiger partial charge in [-0.1, -0.05) is 23.7 Å². The second-order valence-corrected chi connectivity index (χ2v) is 4.10. The van der Waals surface area contributed by atoms with Gasteiger partial charge in [-0.25, -0.2) is 4.98 Å². The number of aromatic nitrogens is 1. The molecule has 1 aromatic heterocycles. The van der Waals surface area contributed by atoms with Gasteiger partial charge in [0.25, 0.3) is 0 Å². The molecule has 1 aromatic carbocycles. The number of aryl methyl sites for hydroxylation is 1. The molecule has 0 unspecified atom stereocenters. The lowest BCUT2D eigenvalue weighted by molar-refractivity contribution is 1.35. The average Bonchev–Trinajstić information content (AvgIpc) is 2.12. The average molecular weight is 257 g/mol. The summed E-state index contributed by atoms with van der Waals surface area (Å²) in [6.07, 6.45) is 1.78. The Balaban J connectivity index is 2.89. The van der Waals surface area contributed by atoms with E-state index in [1.807, 2.05) is 12.1 Å². The van der Waals surface area contributed by atoms with Gasteiger partial charge in [0.15, 0.2) is 0 Å². The molecular weight excluding hydrogens is 249 g/mol. The second-order valence-electron chi connectivity index (χ2n) is 2.92. The van der Waals surface area contributed by atoms with Crippen LogP contribution in [-0.2, 0) is 0 Å².